The van der Waals surface area contributed by atoms with Crippen LogP contribution in [0.3, 0.4) is 0 Å². The Morgan fingerprint density at radius 1 is 1.32 bits per heavy atom. The Labute approximate surface area is 109 Å². The van der Waals surface area contributed by atoms with Gasteiger partial charge in [0.05, 0.1) is 12.0 Å². The van der Waals surface area contributed by atoms with Crippen LogP contribution in [0.4, 0.5) is 8.78 Å². The topological polar surface area (TPSA) is 83.5 Å². The van der Waals surface area contributed by atoms with Gasteiger partial charge < -0.3 is 15.9 Å². The molecule has 1 rings (SSSR count). The van der Waals surface area contributed by atoms with Gasteiger partial charge in [0, 0.05) is 11.6 Å². The molecular formula is C13H17F2NO3. The number of hydrogen-bond acceptors (Lipinski definition) is 3. The summed E-state index contributed by atoms with van der Waals surface area (Å²) in [5.74, 6) is -1.80. The first-order valence-corrected chi connectivity index (χ1v) is 5.86. The number of phenolic OH excluding ortho intramolecular Hbond substituents is 1. The lowest BCUT2D eigenvalue weighted by molar-refractivity contribution is -0.137. The highest BCUT2D eigenvalue weighted by atomic mass is 19.3. The zero-order valence-electron chi connectivity index (χ0n) is 10.7. The number of carbonyl (C=O) groups is 1. The van der Waals surface area contributed by atoms with Gasteiger partial charge in [-0.05, 0) is 17.5 Å². The van der Waals surface area contributed by atoms with Gasteiger partial charge in [0.1, 0.15) is 5.75 Å². The Hall–Kier alpha value is -1.69. The van der Waals surface area contributed by atoms with Gasteiger partial charge in [-0.25, -0.2) is 8.78 Å². The fourth-order valence-electron chi connectivity index (χ4n) is 1.78. The van der Waals surface area contributed by atoms with Gasteiger partial charge in [0.15, 0.2) is 0 Å². The third-order valence-electron chi connectivity index (χ3n) is 2.89. The molecule has 0 spiro atoms. The lowest BCUT2D eigenvalue weighted by Crippen LogP contribution is -2.16. The molecule has 0 radical (unpaired) electrons. The van der Waals surface area contributed by atoms with E-state index in [-0.39, 0.29) is 11.5 Å². The van der Waals surface area contributed by atoms with E-state index in [0.717, 1.165) is 0 Å². The quantitative estimate of drug-likeness (QED) is 0.770. The fourth-order valence-corrected chi connectivity index (χ4v) is 1.78. The van der Waals surface area contributed by atoms with Crippen molar-refractivity contribution in [1.29, 1.82) is 0 Å². The van der Waals surface area contributed by atoms with Crippen LogP contribution in [-0.2, 0) is 4.79 Å². The van der Waals surface area contributed by atoms with Gasteiger partial charge in [-0.3, -0.25) is 4.79 Å². The summed E-state index contributed by atoms with van der Waals surface area (Å²) < 4.78 is 25.7. The average Bonchev–Trinajstić information content (AvgIpc) is 2.27. The molecule has 1 aromatic carbocycles. The highest BCUT2D eigenvalue weighted by molar-refractivity contribution is 5.68. The summed E-state index contributed by atoms with van der Waals surface area (Å²) in [5.41, 5.74) is 5.77. The van der Waals surface area contributed by atoms with Crippen molar-refractivity contribution in [3.63, 3.8) is 0 Å². The van der Waals surface area contributed by atoms with E-state index in [1.165, 1.54) is 12.1 Å². The molecule has 4 N–H and O–H groups in total. The van der Waals surface area contributed by atoms with Gasteiger partial charge in [-0.1, -0.05) is 19.9 Å². The maximum absolute atomic E-state index is 12.9. The number of alkyl halides is 2. The molecule has 0 amide bonds. The number of carboxylic acid groups (broad SMARTS) is 1. The number of hydrogen-bond donors (Lipinski definition) is 3. The summed E-state index contributed by atoms with van der Waals surface area (Å²) in [7, 11) is 0. The Balaban J connectivity index is 3.32. The van der Waals surface area contributed by atoms with E-state index in [4.69, 9.17) is 10.8 Å². The van der Waals surface area contributed by atoms with Crippen LogP contribution in [0, 0.1) is 0 Å². The normalized spacial score (nSPS) is 13.0. The smallest absolute Gasteiger partial charge is 0.305 e. The van der Waals surface area contributed by atoms with E-state index in [9.17, 15) is 18.7 Å². The minimum absolute atomic E-state index is 0.0334. The summed E-state index contributed by atoms with van der Waals surface area (Å²) in [4.78, 5) is 10.6. The van der Waals surface area contributed by atoms with Crippen molar-refractivity contribution < 1.29 is 23.8 Å². The molecule has 0 bridgehead atoms. The van der Waals surface area contributed by atoms with Crippen molar-refractivity contribution in [2.24, 2.45) is 5.73 Å². The van der Waals surface area contributed by atoms with Crippen molar-refractivity contribution in [2.45, 2.75) is 38.7 Å². The third-order valence-corrected chi connectivity index (χ3v) is 2.89. The minimum Gasteiger partial charge on any atom is -0.507 e. The highest BCUT2D eigenvalue weighted by Gasteiger charge is 2.22. The summed E-state index contributed by atoms with van der Waals surface area (Å²) in [6.45, 7) is 3.63. The lowest BCUT2D eigenvalue weighted by atomic mass is 9.93. The van der Waals surface area contributed by atoms with Crippen molar-refractivity contribution in [2.75, 3.05) is 0 Å². The molecule has 0 fully saturated rings. The van der Waals surface area contributed by atoms with Crippen LogP contribution < -0.4 is 5.73 Å². The van der Waals surface area contributed by atoms with Gasteiger partial charge in [-0.15, -0.1) is 0 Å². The molecule has 1 aromatic rings. The highest BCUT2D eigenvalue weighted by Crippen LogP contribution is 2.37. The maximum atomic E-state index is 12.9. The first kappa shape index (κ1) is 15.4. The molecule has 0 aliphatic heterocycles. The predicted molar refractivity (Wildman–Crippen MR) is 66.3 cm³/mol. The monoisotopic (exact) mass is 273 g/mol. The molecule has 19 heavy (non-hydrogen) atoms. The Morgan fingerprint density at radius 2 is 1.84 bits per heavy atom. The zero-order valence-corrected chi connectivity index (χ0v) is 10.7. The van der Waals surface area contributed by atoms with Crippen molar-refractivity contribution >= 4 is 5.97 Å². The van der Waals surface area contributed by atoms with Crippen molar-refractivity contribution in [3.05, 3.63) is 28.8 Å². The first-order chi connectivity index (χ1) is 8.73. The van der Waals surface area contributed by atoms with Crippen LogP contribution in [0.1, 0.15) is 55.3 Å². The molecule has 4 nitrogen and oxygen atoms in total. The van der Waals surface area contributed by atoms with Crippen LogP contribution in [0.2, 0.25) is 0 Å². The van der Waals surface area contributed by atoms with Crippen LogP contribution in [0.5, 0.6) is 5.75 Å². The molecule has 1 unspecified atom stereocenters. The van der Waals surface area contributed by atoms with E-state index in [1.807, 2.05) is 13.8 Å². The number of benzene rings is 1. The fraction of sp³-hybridized carbons (Fsp3) is 0.462. The second kappa shape index (κ2) is 5.97. The number of aromatic hydroxyl groups is 1. The lowest BCUT2D eigenvalue weighted by Gasteiger charge is -2.18. The van der Waals surface area contributed by atoms with E-state index in [0.29, 0.717) is 5.56 Å². The molecule has 0 aromatic heterocycles. The average molecular weight is 273 g/mol. The maximum Gasteiger partial charge on any atom is 0.305 e. The van der Waals surface area contributed by atoms with E-state index >= 15 is 0 Å². The standard InChI is InChI=1S/C13H17F2NO3/c1-6(2)7-3-8(10(16)5-11(17)18)12(19)9(4-7)13(14)15/h3-4,6,10,13,19H,5,16H2,1-2H3,(H,17,18). The van der Waals surface area contributed by atoms with E-state index in [2.05, 4.69) is 0 Å². The van der Waals surface area contributed by atoms with Crippen LogP contribution in [-0.4, -0.2) is 16.2 Å². The van der Waals surface area contributed by atoms with Gasteiger partial charge >= 0.3 is 5.97 Å². The molecule has 6 heteroatoms. The predicted octanol–water partition coefficient (Wildman–Crippen LogP) is 2.93. The summed E-state index contributed by atoms with van der Waals surface area (Å²) >= 11 is 0. The number of carboxylic acids is 1. The minimum atomic E-state index is -2.84. The summed E-state index contributed by atoms with van der Waals surface area (Å²) in [6, 6.07) is 1.69. The van der Waals surface area contributed by atoms with E-state index < -0.39 is 36.2 Å². The number of halogens is 2. The third kappa shape index (κ3) is 3.64. The number of phenols is 1. The molecule has 1 atom stereocenters. The molecule has 0 heterocycles. The van der Waals surface area contributed by atoms with Crippen LogP contribution in [0.15, 0.2) is 12.1 Å². The molecular weight excluding hydrogens is 256 g/mol. The SMILES string of the molecule is CC(C)c1cc(C(F)F)c(O)c(C(N)CC(=O)O)c1. The number of rotatable bonds is 5. The Morgan fingerprint density at radius 3 is 2.26 bits per heavy atom. The largest absolute Gasteiger partial charge is 0.507 e. The van der Waals surface area contributed by atoms with E-state index in [1.54, 1.807) is 0 Å². The summed E-state index contributed by atoms with van der Waals surface area (Å²) in [5, 5.41) is 18.5. The molecule has 106 valence electrons. The number of nitrogens with two attached hydrogens (primary N) is 1. The Kier molecular flexibility index (Phi) is 4.83. The zero-order chi connectivity index (χ0) is 14.7. The van der Waals surface area contributed by atoms with Crippen LogP contribution in [0.25, 0.3) is 0 Å². The second-order valence-electron chi connectivity index (χ2n) is 4.71. The Bertz CT molecular complexity index is 475. The molecule has 0 saturated carbocycles. The molecule has 0 aliphatic rings. The van der Waals surface area contributed by atoms with Crippen molar-refractivity contribution in [1.82, 2.24) is 0 Å². The molecule has 0 saturated heterocycles. The first-order valence-electron chi connectivity index (χ1n) is 5.86. The number of aliphatic carboxylic acids is 1. The molecule has 0 aliphatic carbocycles. The van der Waals surface area contributed by atoms with Gasteiger partial charge in [-0.2, -0.15) is 0 Å². The van der Waals surface area contributed by atoms with Gasteiger partial charge in [0.2, 0.25) is 0 Å². The second-order valence-corrected chi connectivity index (χ2v) is 4.71. The van der Waals surface area contributed by atoms with Gasteiger partial charge in [0.25, 0.3) is 6.43 Å². The summed E-state index contributed by atoms with van der Waals surface area (Å²) in [6.07, 6.45) is -3.27. The van der Waals surface area contributed by atoms with Crippen molar-refractivity contribution in [3.8, 4) is 5.75 Å². The van der Waals surface area contributed by atoms with Crippen LogP contribution >= 0.6 is 0 Å².